The Morgan fingerprint density at radius 2 is 1.70 bits per heavy atom. The molecule has 3 rings (SSSR count). The maximum Gasteiger partial charge on any atom is 0.210 e. The van der Waals surface area contributed by atoms with Gasteiger partial charge < -0.3 is 20.1 Å². The molecule has 0 radical (unpaired) electrons. The fourth-order valence-electron chi connectivity index (χ4n) is 2.54. The van der Waals surface area contributed by atoms with Crippen LogP contribution in [0.4, 0.5) is 4.39 Å². The zero-order chi connectivity index (χ0) is 19.4. The number of aromatic nitrogens is 3. The van der Waals surface area contributed by atoms with E-state index in [2.05, 4.69) is 10.2 Å². The molecule has 0 aliphatic heterocycles. The van der Waals surface area contributed by atoms with Crippen molar-refractivity contribution in [3.8, 4) is 28.6 Å². The molecule has 0 spiro atoms. The summed E-state index contributed by atoms with van der Waals surface area (Å²) in [6.45, 7) is 0. The van der Waals surface area contributed by atoms with Crippen molar-refractivity contribution in [2.75, 3.05) is 27.2 Å². The van der Waals surface area contributed by atoms with Gasteiger partial charge in [0.15, 0.2) is 17.3 Å². The first-order valence-corrected chi connectivity index (χ1v) is 8.94. The monoisotopic (exact) mass is 390 g/mol. The lowest BCUT2D eigenvalue weighted by Gasteiger charge is -2.13. The number of hydrogen-bond acceptors (Lipinski definition) is 7. The molecule has 1 heterocycles. The van der Waals surface area contributed by atoms with Crippen LogP contribution in [-0.4, -0.2) is 36.2 Å². The molecule has 0 saturated carbocycles. The van der Waals surface area contributed by atoms with Gasteiger partial charge in [0.25, 0.3) is 0 Å². The minimum absolute atomic E-state index is 0.266. The van der Waals surface area contributed by atoms with Gasteiger partial charge in [0.05, 0.1) is 21.3 Å². The number of ether oxygens (including phenoxy) is 3. The van der Waals surface area contributed by atoms with Gasteiger partial charge in [-0.1, -0.05) is 30.0 Å². The molecule has 9 heteroatoms. The zero-order valence-corrected chi connectivity index (χ0v) is 15.9. The SMILES string of the molecule is COc1cc(-c2nnc(SCc3ccccc3F)n2N)cc(OC)c1OC. The average Bonchev–Trinajstić information content (AvgIpc) is 3.06. The summed E-state index contributed by atoms with van der Waals surface area (Å²) in [6, 6.07) is 10.1. The Balaban J connectivity index is 1.90. The molecular weight excluding hydrogens is 371 g/mol. The lowest BCUT2D eigenvalue weighted by Crippen LogP contribution is -2.11. The highest BCUT2D eigenvalue weighted by Crippen LogP contribution is 2.41. The highest BCUT2D eigenvalue weighted by atomic mass is 32.2. The largest absolute Gasteiger partial charge is 0.493 e. The molecule has 3 aromatic rings. The second kappa shape index (κ2) is 8.17. The summed E-state index contributed by atoms with van der Waals surface area (Å²) in [5, 5.41) is 8.71. The molecule has 0 aliphatic carbocycles. The quantitative estimate of drug-likeness (QED) is 0.490. The first-order valence-electron chi connectivity index (χ1n) is 7.96. The van der Waals surface area contributed by atoms with Crippen LogP contribution < -0.4 is 20.1 Å². The predicted octanol–water partition coefficient (Wildman–Crippen LogP) is 3.12. The van der Waals surface area contributed by atoms with Crippen LogP contribution in [0.25, 0.3) is 11.4 Å². The Labute approximate surface area is 160 Å². The zero-order valence-electron chi connectivity index (χ0n) is 15.1. The van der Waals surface area contributed by atoms with Gasteiger partial charge in [-0.15, -0.1) is 10.2 Å². The Hall–Kier alpha value is -2.94. The van der Waals surface area contributed by atoms with Gasteiger partial charge in [-0.2, -0.15) is 0 Å². The molecule has 0 bridgehead atoms. The third-order valence-corrected chi connectivity index (χ3v) is 4.89. The number of nitrogens with two attached hydrogens (primary N) is 1. The fourth-order valence-corrected chi connectivity index (χ4v) is 3.38. The molecule has 1 aromatic heterocycles. The van der Waals surface area contributed by atoms with Gasteiger partial charge in [-0.25, -0.2) is 9.07 Å². The van der Waals surface area contributed by atoms with E-state index in [-0.39, 0.29) is 5.82 Å². The third-order valence-electron chi connectivity index (χ3n) is 3.90. The van der Waals surface area contributed by atoms with Crippen molar-refractivity contribution in [1.82, 2.24) is 14.9 Å². The van der Waals surface area contributed by atoms with Crippen LogP contribution in [-0.2, 0) is 5.75 Å². The maximum atomic E-state index is 13.8. The number of methoxy groups -OCH3 is 3. The highest BCUT2D eigenvalue weighted by Gasteiger charge is 2.19. The Morgan fingerprint density at radius 1 is 1.04 bits per heavy atom. The molecule has 7 nitrogen and oxygen atoms in total. The van der Waals surface area contributed by atoms with Crippen molar-refractivity contribution < 1.29 is 18.6 Å². The molecule has 2 aromatic carbocycles. The lowest BCUT2D eigenvalue weighted by atomic mass is 10.1. The van der Waals surface area contributed by atoms with E-state index < -0.39 is 0 Å². The van der Waals surface area contributed by atoms with Crippen molar-refractivity contribution >= 4 is 11.8 Å². The molecule has 142 valence electrons. The number of nitrogens with zero attached hydrogens (tertiary/aromatic N) is 3. The van der Waals surface area contributed by atoms with Crippen LogP contribution in [0.2, 0.25) is 0 Å². The summed E-state index contributed by atoms with van der Waals surface area (Å²) in [4.78, 5) is 0. The number of nitrogen functional groups attached to an aromatic ring is 1. The van der Waals surface area contributed by atoms with Crippen molar-refractivity contribution in [2.45, 2.75) is 10.9 Å². The van der Waals surface area contributed by atoms with E-state index in [1.54, 1.807) is 30.3 Å². The first-order chi connectivity index (χ1) is 13.1. The summed E-state index contributed by atoms with van der Waals surface area (Å²) < 4.78 is 31.2. The average molecular weight is 390 g/mol. The summed E-state index contributed by atoms with van der Waals surface area (Å²) >= 11 is 1.29. The standard InChI is InChI=1S/C18H19FN4O3S/c1-24-14-8-12(9-15(25-2)16(14)26-3)17-21-22-18(23(17)20)27-10-11-6-4-5-7-13(11)19/h4-9H,10,20H2,1-3H3. The first kappa shape index (κ1) is 18.8. The normalized spacial score (nSPS) is 10.7. The molecule has 0 atom stereocenters. The van der Waals surface area contributed by atoms with Crippen molar-refractivity contribution in [1.29, 1.82) is 0 Å². The van der Waals surface area contributed by atoms with Gasteiger partial charge in [0, 0.05) is 11.3 Å². The van der Waals surface area contributed by atoms with E-state index in [0.717, 1.165) is 0 Å². The summed E-state index contributed by atoms with van der Waals surface area (Å²) in [6.07, 6.45) is 0. The van der Waals surface area contributed by atoms with Gasteiger partial charge in [-0.05, 0) is 23.8 Å². The van der Waals surface area contributed by atoms with Crippen LogP contribution in [0.1, 0.15) is 5.56 Å². The van der Waals surface area contributed by atoms with Crippen LogP contribution >= 0.6 is 11.8 Å². The Kier molecular flexibility index (Phi) is 5.70. The molecule has 0 amide bonds. The van der Waals surface area contributed by atoms with E-state index in [0.29, 0.717) is 45.1 Å². The summed E-state index contributed by atoms with van der Waals surface area (Å²) in [5.74, 6) is 8.13. The summed E-state index contributed by atoms with van der Waals surface area (Å²) in [5.41, 5.74) is 1.22. The van der Waals surface area contributed by atoms with Gasteiger partial charge >= 0.3 is 0 Å². The van der Waals surface area contributed by atoms with Gasteiger partial charge in [0.2, 0.25) is 10.9 Å². The molecule has 27 heavy (non-hydrogen) atoms. The molecule has 0 fully saturated rings. The molecular formula is C18H19FN4O3S. The molecule has 0 unspecified atom stereocenters. The second-order valence-electron chi connectivity index (χ2n) is 5.47. The minimum Gasteiger partial charge on any atom is -0.493 e. The van der Waals surface area contributed by atoms with E-state index in [4.69, 9.17) is 20.1 Å². The van der Waals surface area contributed by atoms with Crippen LogP contribution in [0, 0.1) is 5.82 Å². The second-order valence-corrected chi connectivity index (χ2v) is 6.41. The maximum absolute atomic E-state index is 13.8. The minimum atomic E-state index is -0.266. The van der Waals surface area contributed by atoms with E-state index in [9.17, 15) is 4.39 Å². The van der Waals surface area contributed by atoms with Crippen molar-refractivity contribution in [2.24, 2.45) is 0 Å². The number of hydrogen-bond donors (Lipinski definition) is 1. The van der Waals surface area contributed by atoms with Gasteiger partial charge in [0.1, 0.15) is 5.82 Å². The van der Waals surface area contributed by atoms with Crippen molar-refractivity contribution in [3.63, 3.8) is 0 Å². The third kappa shape index (κ3) is 3.77. The fraction of sp³-hybridized carbons (Fsp3) is 0.222. The van der Waals surface area contributed by atoms with Crippen LogP contribution in [0.3, 0.4) is 0 Å². The van der Waals surface area contributed by atoms with Gasteiger partial charge in [-0.3, -0.25) is 0 Å². The Morgan fingerprint density at radius 3 is 2.30 bits per heavy atom. The van der Waals surface area contributed by atoms with Crippen LogP contribution in [0.5, 0.6) is 17.2 Å². The molecule has 0 saturated heterocycles. The number of thioether (sulfide) groups is 1. The topological polar surface area (TPSA) is 84.4 Å². The number of halogens is 1. The smallest absolute Gasteiger partial charge is 0.210 e. The van der Waals surface area contributed by atoms with Crippen LogP contribution in [0.15, 0.2) is 41.6 Å². The molecule has 0 aliphatic rings. The number of benzene rings is 2. The van der Waals surface area contributed by atoms with E-state index >= 15 is 0 Å². The summed E-state index contributed by atoms with van der Waals surface area (Å²) in [7, 11) is 4.59. The lowest BCUT2D eigenvalue weighted by molar-refractivity contribution is 0.324. The Bertz CT molecular complexity index is 923. The number of rotatable bonds is 7. The predicted molar refractivity (Wildman–Crippen MR) is 101 cm³/mol. The van der Waals surface area contributed by atoms with Crippen molar-refractivity contribution in [3.05, 3.63) is 47.8 Å². The molecule has 2 N–H and O–H groups in total. The highest BCUT2D eigenvalue weighted by molar-refractivity contribution is 7.98. The van der Waals surface area contributed by atoms with E-state index in [1.165, 1.54) is 43.8 Å². The van der Waals surface area contributed by atoms with E-state index in [1.807, 2.05) is 0 Å².